The van der Waals surface area contributed by atoms with Crippen molar-refractivity contribution in [2.24, 2.45) is 0 Å². The first-order chi connectivity index (χ1) is 16.5. The Bertz CT molecular complexity index is 1140. The van der Waals surface area contributed by atoms with Crippen molar-refractivity contribution in [3.63, 3.8) is 0 Å². The Kier molecular flexibility index (Phi) is 7.76. The van der Waals surface area contributed by atoms with Crippen LogP contribution >= 0.6 is 24.0 Å². The Hall–Kier alpha value is -3.44. The van der Waals surface area contributed by atoms with Gasteiger partial charge in [0, 0.05) is 30.9 Å². The summed E-state index contributed by atoms with van der Waals surface area (Å²) in [6, 6.07) is 8.62. The van der Waals surface area contributed by atoms with Crippen LogP contribution < -0.4 is 20.3 Å². The van der Waals surface area contributed by atoms with E-state index in [1.54, 1.807) is 23.1 Å². The van der Waals surface area contributed by atoms with E-state index in [0.717, 1.165) is 12.0 Å². The van der Waals surface area contributed by atoms with Crippen LogP contribution in [0.25, 0.3) is 6.08 Å². The lowest BCUT2D eigenvalue weighted by Crippen LogP contribution is -2.41. The fourth-order valence-corrected chi connectivity index (χ4v) is 4.65. The Morgan fingerprint density at radius 3 is 2.71 bits per heavy atom. The monoisotopic (exact) mass is 498 g/mol. The highest BCUT2D eigenvalue weighted by Gasteiger charge is 2.31. The van der Waals surface area contributed by atoms with E-state index in [9.17, 15) is 14.4 Å². The summed E-state index contributed by atoms with van der Waals surface area (Å²) in [5.41, 5.74) is 6.02. The molecule has 2 aromatic rings. The maximum absolute atomic E-state index is 12.8. The second kappa shape index (κ2) is 11.1. The highest BCUT2D eigenvalue weighted by Crippen LogP contribution is 2.36. The number of rotatable bonds is 8. The molecule has 2 N–H and O–H groups in total. The number of hydrazine groups is 1. The summed E-state index contributed by atoms with van der Waals surface area (Å²) in [6.07, 6.45) is 7.14. The highest BCUT2D eigenvalue weighted by atomic mass is 32.2. The molecule has 2 aliphatic heterocycles. The second-order valence-corrected chi connectivity index (χ2v) is 9.17. The summed E-state index contributed by atoms with van der Waals surface area (Å²) in [6.45, 7) is 0.687. The highest BCUT2D eigenvalue weighted by molar-refractivity contribution is 8.26. The number of nitrogens with one attached hydrogen (secondary N) is 2. The minimum atomic E-state index is -0.404. The van der Waals surface area contributed by atoms with Gasteiger partial charge in [-0.2, -0.15) is 0 Å². The number of carbonyl (C=O) groups is 3. The van der Waals surface area contributed by atoms with Crippen molar-refractivity contribution >= 4 is 52.1 Å². The smallest absolute Gasteiger partial charge is 0.269 e. The molecule has 3 amide bonds. The average molecular weight is 499 g/mol. The lowest BCUT2D eigenvalue weighted by molar-refractivity contribution is -0.123. The van der Waals surface area contributed by atoms with Gasteiger partial charge in [0.2, 0.25) is 12.7 Å². The summed E-state index contributed by atoms with van der Waals surface area (Å²) in [7, 11) is 0. The number of hydrogen-bond acceptors (Lipinski definition) is 8. The molecule has 0 saturated carbocycles. The number of thiocarbonyl (C=S) groups is 1. The van der Waals surface area contributed by atoms with E-state index in [1.165, 1.54) is 24.2 Å². The molecule has 9 nitrogen and oxygen atoms in total. The number of nitrogens with zero attached hydrogens (tertiary/aromatic N) is 2. The van der Waals surface area contributed by atoms with Crippen LogP contribution in [0.1, 0.15) is 41.6 Å². The lowest BCUT2D eigenvalue weighted by Gasteiger charge is -2.14. The van der Waals surface area contributed by atoms with Crippen molar-refractivity contribution in [2.75, 3.05) is 13.3 Å². The Balaban J connectivity index is 1.17. The van der Waals surface area contributed by atoms with Crippen molar-refractivity contribution in [1.82, 2.24) is 20.7 Å². The van der Waals surface area contributed by atoms with Crippen LogP contribution in [-0.2, 0) is 9.59 Å². The molecule has 3 heterocycles. The standard InChI is InChI=1S/C23H22N4O5S2/c28-20(25-26-21(29)16-7-9-24-10-8-16)4-2-1-3-11-27-22(30)19(34-23(27)33)13-15-5-6-17-18(12-15)32-14-31-17/h5-10,12-13H,1-4,11,14H2,(H,25,28)(H,26,29). The third-order valence-electron chi connectivity index (χ3n) is 5.11. The zero-order valence-electron chi connectivity index (χ0n) is 18.1. The van der Waals surface area contributed by atoms with Crippen LogP contribution in [0, 0.1) is 0 Å². The number of amides is 3. The number of hydrogen-bond donors (Lipinski definition) is 2. The predicted octanol–water partition coefficient (Wildman–Crippen LogP) is 3.03. The first-order valence-corrected chi connectivity index (χ1v) is 11.9. The molecule has 0 radical (unpaired) electrons. The first kappa shape index (κ1) is 23.7. The Labute approximate surface area is 205 Å². The molecule has 0 atom stereocenters. The fraction of sp³-hybridized carbons (Fsp3) is 0.261. The largest absolute Gasteiger partial charge is 0.454 e. The van der Waals surface area contributed by atoms with Crippen molar-refractivity contribution < 1.29 is 23.9 Å². The lowest BCUT2D eigenvalue weighted by atomic mass is 10.1. The van der Waals surface area contributed by atoms with E-state index in [-0.39, 0.29) is 25.0 Å². The molecule has 1 aromatic heterocycles. The number of fused-ring (bicyclic) bond motifs is 1. The molecule has 1 saturated heterocycles. The van der Waals surface area contributed by atoms with Crippen LogP contribution in [0.2, 0.25) is 0 Å². The van der Waals surface area contributed by atoms with Gasteiger partial charge in [-0.25, -0.2) is 0 Å². The SMILES string of the molecule is O=C(CCCCCN1C(=O)C(=Cc2ccc3c(c2)OCO3)SC1=S)NNC(=O)c1ccncc1. The van der Waals surface area contributed by atoms with Gasteiger partial charge in [-0.15, -0.1) is 0 Å². The minimum Gasteiger partial charge on any atom is -0.454 e. The summed E-state index contributed by atoms with van der Waals surface area (Å²) < 4.78 is 11.2. The molecule has 1 aromatic carbocycles. The normalized spacial score (nSPS) is 15.6. The van der Waals surface area contributed by atoms with Gasteiger partial charge in [-0.05, 0) is 48.7 Å². The van der Waals surface area contributed by atoms with E-state index in [1.807, 2.05) is 18.2 Å². The average Bonchev–Trinajstić information content (AvgIpc) is 3.42. The number of carbonyl (C=O) groups excluding carboxylic acids is 3. The Morgan fingerprint density at radius 1 is 1.09 bits per heavy atom. The van der Waals surface area contributed by atoms with Gasteiger partial charge in [-0.3, -0.25) is 35.1 Å². The van der Waals surface area contributed by atoms with Crippen molar-refractivity contribution in [1.29, 1.82) is 0 Å². The van der Waals surface area contributed by atoms with Crippen molar-refractivity contribution in [2.45, 2.75) is 25.7 Å². The van der Waals surface area contributed by atoms with Gasteiger partial charge >= 0.3 is 0 Å². The van der Waals surface area contributed by atoms with Crippen molar-refractivity contribution in [3.05, 3.63) is 58.8 Å². The molecular formula is C23H22N4O5S2. The molecule has 34 heavy (non-hydrogen) atoms. The number of aromatic nitrogens is 1. The Morgan fingerprint density at radius 2 is 1.88 bits per heavy atom. The van der Waals surface area contributed by atoms with Gasteiger partial charge in [0.1, 0.15) is 4.32 Å². The van der Waals surface area contributed by atoms with Gasteiger partial charge in [-0.1, -0.05) is 36.5 Å². The molecule has 0 unspecified atom stereocenters. The van der Waals surface area contributed by atoms with E-state index >= 15 is 0 Å². The molecule has 2 aliphatic rings. The predicted molar refractivity (Wildman–Crippen MR) is 131 cm³/mol. The molecule has 1 fully saturated rings. The molecule has 4 rings (SSSR count). The van der Waals surface area contributed by atoms with Gasteiger partial charge < -0.3 is 9.47 Å². The number of pyridine rings is 1. The molecule has 0 bridgehead atoms. The summed E-state index contributed by atoms with van der Waals surface area (Å²) in [4.78, 5) is 42.6. The van der Waals surface area contributed by atoms with E-state index < -0.39 is 5.91 Å². The van der Waals surface area contributed by atoms with Crippen LogP contribution in [0.5, 0.6) is 11.5 Å². The summed E-state index contributed by atoms with van der Waals surface area (Å²) in [5.74, 6) is 0.544. The van der Waals surface area contributed by atoms with E-state index in [2.05, 4.69) is 15.8 Å². The summed E-state index contributed by atoms with van der Waals surface area (Å²) >= 11 is 6.66. The molecule has 176 valence electrons. The fourth-order valence-electron chi connectivity index (χ4n) is 3.34. The van der Waals surface area contributed by atoms with Gasteiger partial charge in [0.05, 0.1) is 4.91 Å². The van der Waals surface area contributed by atoms with Gasteiger partial charge in [0.25, 0.3) is 11.8 Å². The van der Waals surface area contributed by atoms with Crippen LogP contribution in [-0.4, -0.2) is 45.3 Å². The molecule has 0 spiro atoms. The summed E-state index contributed by atoms with van der Waals surface area (Å²) in [5, 5.41) is 0. The van der Waals surface area contributed by atoms with E-state index in [4.69, 9.17) is 21.7 Å². The van der Waals surface area contributed by atoms with Gasteiger partial charge in [0.15, 0.2) is 11.5 Å². The molecule has 0 aliphatic carbocycles. The quantitative estimate of drug-likeness (QED) is 0.247. The van der Waals surface area contributed by atoms with E-state index in [0.29, 0.717) is 45.7 Å². The number of ether oxygens (including phenoxy) is 2. The number of thioether (sulfide) groups is 1. The van der Waals surface area contributed by atoms with Crippen LogP contribution in [0.4, 0.5) is 0 Å². The van der Waals surface area contributed by atoms with Crippen LogP contribution in [0.15, 0.2) is 47.6 Å². The number of unbranched alkanes of at least 4 members (excludes halogenated alkanes) is 2. The maximum Gasteiger partial charge on any atom is 0.269 e. The minimum absolute atomic E-state index is 0.121. The van der Waals surface area contributed by atoms with Crippen LogP contribution in [0.3, 0.4) is 0 Å². The third-order valence-corrected chi connectivity index (χ3v) is 6.49. The topological polar surface area (TPSA) is 110 Å². The number of benzene rings is 1. The maximum atomic E-state index is 12.8. The first-order valence-electron chi connectivity index (χ1n) is 10.7. The molecule has 11 heteroatoms. The zero-order valence-corrected chi connectivity index (χ0v) is 19.7. The zero-order chi connectivity index (χ0) is 23.9. The van der Waals surface area contributed by atoms with Crippen molar-refractivity contribution in [3.8, 4) is 11.5 Å². The third kappa shape index (κ3) is 5.91. The molecular weight excluding hydrogens is 476 g/mol. The second-order valence-electron chi connectivity index (χ2n) is 7.49.